The Bertz CT molecular complexity index is 944. The van der Waals surface area contributed by atoms with E-state index in [1.54, 1.807) is 55.7 Å². The van der Waals surface area contributed by atoms with E-state index in [-0.39, 0.29) is 10.7 Å². The van der Waals surface area contributed by atoms with Crippen LogP contribution in [0.15, 0.2) is 65.8 Å². The minimum absolute atomic E-state index is 0.162. The Balaban J connectivity index is 1.67. The molecule has 128 valence electrons. The first-order valence-corrected chi connectivity index (χ1v) is 9.08. The standard InChI is InChI=1S/C17H17N5O2S/c1-13-5-2-3-7-15(13)25(23,24)22-17-9-8-16(20-21-17)19-12-14-6-4-10-18-11-14/h2-11H,12H2,1H3,(H,19,20)(H,21,22). The SMILES string of the molecule is Cc1ccccc1S(=O)(=O)Nc1ccc(NCc2cccnc2)nn1. The highest BCUT2D eigenvalue weighted by atomic mass is 32.2. The van der Waals surface area contributed by atoms with Crippen LogP contribution in [0.3, 0.4) is 0 Å². The predicted molar refractivity (Wildman–Crippen MR) is 95.6 cm³/mol. The summed E-state index contributed by atoms with van der Waals surface area (Å²) >= 11 is 0. The molecule has 7 nitrogen and oxygen atoms in total. The zero-order chi connectivity index (χ0) is 17.7. The molecule has 3 rings (SSSR count). The van der Waals surface area contributed by atoms with E-state index in [2.05, 4.69) is 25.2 Å². The van der Waals surface area contributed by atoms with Crippen molar-refractivity contribution >= 4 is 21.7 Å². The molecule has 0 saturated carbocycles. The molecule has 2 aromatic heterocycles. The van der Waals surface area contributed by atoms with E-state index < -0.39 is 10.0 Å². The van der Waals surface area contributed by atoms with Crippen molar-refractivity contribution in [1.82, 2.24) is 15.2 Å². The molecule has 0 atom stereocenters. The molecule has 0 spiro atoms. The Morgan fingerprint density at radius 2 is 1.72 bits per heavy atom. The van der Waals surface area contributed by atoms with Crippen molar-refractivity contribution in [2.75, 3.05) is 10.0 Å². The quantitative estimate of drug-likeness (QED) is 0.705. The third kappa shape index (κ3) is 4.30. The molecule has 2 heterocycles. The maximum atomic E-state index is 12.4. The summed E-state index contributed by atoms with van der Waals surface area (Å²) in [6, 6.07) is 13.8. The number of pyridine rings is 1. The molecule has 0 saturated heterocycles. The van der Waals surface area contributed by atoms with Gasteiger partial charge in [-0.25, -0.2) is 8.42 Å². The minimum atomic E-state index is -3.69. The van der Waals surface area contributed by atoms with E-state index >= 15 is 0 Å². The Labute approximate surface area is 146 Å². The van der Waals surface area contributed by atoms with Crippen LogP contribution >= 0.6 is 0 Å². The summed E-state index contributed by atoms with van der Waals surface area (Å²) in [5.74, 6) is 0.706. The van der Waals surface area contributed by atoms with Gasteiger partial charge in [-0.15, -0.1) is 10.2 Å². The molecule has 0 fully saturated rings. The Morgan fingerprint density at radius 1 is 0.960 bits per heavy atom. The highest BCUT2D eigenvalue weighted by Gasteiger charge is 2.17. The van der Waals surface area contributed by atoms with E-state index in [1.165, 1.54) is 0 Å². The second kappa shape index (κ2) is 7.27. The summed E-state index contributed by atoms with van der Waals surface area (Å²) in [7, 11) is -3.69. The van der Waals surface area contributed by atoms with Crippen molar-refractivity contribution in [2.45, 2.75) is 18.4 Å². The first-order valence-electron chi connectivity index (χ1n) is 7.59. The fourth-order valence-electron chi connectivity index (χ4n) is 2.23. The highest BCUT2D eigenvalue weighted by Crippen LogP contribution is 2.18. The van der Waals surface area contributed by atoms with Crippen LogP contribution in [0.25, 0.3) is 0 Å². The summed E-state index contributed by atoms with van der Waals surface area (Å²) < 4.78 is 27.3. The van der Waals surface area contributed by atoms with Gasteiger partial charge in [-0.2, -0.15) is 0 Å². The van der Waals surface area contributed by atoms with Crippen LogP contribution in [0.4, 0.5) is 11.6 Å². The van der Waals surface area contributed by atoms with Crippen LogP contribution in [0.1, 0.15) is 11.1 Å². The van der Waals surface area contributed by atoms with Crippen molar-refractivity contribution in [2.24, 2.45) is 0 Å². The number of benzene rings is 1. The van der Waals surface area contributed by atoms with Crippen LogP contribution < -0.4 is 10.0 Å². The van der Waals surface area contributed by atoms with E-state index in [0.717, 1.165) is 5.56 Å². The fraction of sp³-hybridized carbons (Fsp3) is 0.118. The van der Waals surface area contributed by atoms with Crippen molar-refractivity contribution in [3.05, 3.63) is 72.1 Å². The number of hydrogen-bond donors (Lipinski definition) is 2. The summed E-state index contributed by atoms with van der Waals surface area (Å²) in [5, 5.41) is 11.0. The van der Waals surface area contributed by atoms with E-state index in [4.69, 9.17) is 0 Å². The monoisotopic (exact) mass is 355 g/mol. The largest absolute Gasteiger partial charge is 0.364 e. The summed E-state index contributed by atoms with van der Waals surface area (Å²) in [6.07, 6.45) is 3.46. The predicted octanol–water partition coefficient (Wildman–Crippen LogP) is 2.59. The van der Waals surface area contributed by atoms with E-state index in [1.807, 2.05) is 12.1 Å². The van der Waals surface area contributed by atoms with Crippen molar-refractivity contribution in [1.29, 1.82) is 0 Å². The average Bonchev–Trinajstić information content (AvgIpc) is 2.62. The first kappa shape index (κ1) is 16.8. The van der Waals surface area contributed by atoms with Gasteiger partial charge >= 0.3 is 0 Å². The van der Waals surface area contributed by atoms with E-state index in [9.17, 15) is 8.42 Å². The van der Waals surface area contributed by atoms with Gasteiger partial charge in [0.1, 0.15) is 5.82 Å². The zero-order valence-corrected chi connectivity index (χ0v) is 14.4. The molecule has 0 bridgehead atoms. The highest BCUT2D eigenvalue weighted by molar-refractivity contribution is 7.92. The number of rotatable bonds is 6. The van der Waals surface area contributed by atoms with Crippen LogP contribution in [0.2, 0.25) is 0 Å². The first-order chi connectivity index (χ1) is 12.0. The Kier molecular flexibility index (Phi) is 4.90. The van der Waals surface area contributed by atoms with Crippen LogP contribution in [0, 0.1) is 6.92 Å². The Morgan fingerprint density at radius 3 is 2.40 bits per heavy atom. The molecule has 0 radical (unpaired) electrons. The van der Waals surface area contributed by atoms with Gasteiger partial charge in [0, 0.05) is 18.9 Å². The van der Waals surface area contributed by atoms with Crippen LogP contribution in [-0.2, 0) is 16.6 Å². The summed E-state index contributed by atoms with van der Waals surface area (Å²) in [4.78, 5) is 4.25. The number of aromatic nitrogens is 3. The molecular weight excluding hydrogens is 338 g/mol. The lowest BCUT2D eigenvalue weighted by Crippen LogP contribution is -2.15. The van der Waals surface area contributed by atoms with Crippen LogP contribution in [-0.4, -0.2) is 23.6 Å². The zero-order valence-electron chi connectivity index (χ0n) is 13.5. The molecule has 0 amide bonds. The molecule has 1 aromatic carbocycles. The number of nitrogens with one attached hydrogen (secondary N) is 2. The fourth-order valence-corrected chi connectivity index (χ4v) is 3.47. The van der Waals surface area contributed by atoms with Gasteiger partial charge in [0.15, 0.2) is 5.82 Å². The average molecular weight is 355 g/mol. The van der Waals surface area contributed by atoms with Crippen LogP contribution in [0.5, 0.6) is 0 Å². The number of aryl methyl sites for hydroxylation is 1. The lowest BCUT2D eigenvalue weighted by atomic mass is 10.2. The number of hydrogen-bond acceptors (Lipinski definition) is 6. The molecule has 3 aromatic rings. The molecule has 0 aliphatic rings. The van der Waals surface area contributed by atoms with Gasteiger partial charge in [-0.05, 0) is 42.3 Å². The lowest BCUT2D eigenvalue weighted by molar-refractivity contribution is 0.600. The number of sulfonamides is 1. The molecule has 0 aliphatic carbocycles. The van der Waals surface area contributed by atoms with Gasteiger partial charge in [-0.1, -0.05) is 24.3 Å². The van der Waals surface area contributed by atoms with Crippen molar-refractivity contribution in [3.8, 4) is 0 Å². The molecule has 0 aliphatic heterocycles. The maximum absolute atomic E-state index is 12.4. The lowest BCUT2D eigenvalue weighted by Gasteiger charge is -2.10. The van der Waals surface area contributed by atoms with Crippen molar-refractivity contribution < 1.29 is 8.42 Å². The number of anilines is 2. The number of nitrogens with zero attached hydrogens (tertiary/aromatic N) is 3. The second-order valence-electron chi connectivity index (χ2n) is 5.39. The molecule has 2 N–H and O–H groups in total. The summed E-state index contributed by atoms with van der Waals surface area (Å²) in [5.41, 5.74) is 1.67. The molecule has 0 unspecified atom stereocenters. The van der Waals surface area contributed by atoms with Gasteiger partial charge < -0.3 is 5.32 Å². The maximum Gasteiger partial charge on any atom is 0.263 e. The summed E-state index contributed by atoms with van der Waals surface area (Å²) in [6.45, 7) is 2.29. The minimum Gasteiger partial charge on any atom is -0.364 e. The smallest absolute Gasteiger partial charge is 0.263 e. The van der Waals surface area contributed by atoms with Gasteiger partial charge in [0.25, 0.3) is 10.0 Å². The van der Waals surface area contributed by atoms with E-state index in [0.29, 0.717) is 17.9 Å². The second-order valence-corrected chi connectivity index (χ2v) is 7.04. The topological polar surface area (TPSA) is 96.9 Å². The van der Waals surface area contributed by atoms with Crippen molar-refractivity contribution in [3.63, 3.8) is 0 Å². The normalized spacial score (nSPS) is 11.1. The van der Waals surface area contributed by atoms with Gasteiger partial charge in [0.05, 0.1) is 4.90 Å². The third-order valence-corrected chi connectivity index (χ3v) is 5.00. The van der Waals surface area contributed by atoms with Gasteiger partial charge in [0.2, 0.25) is 0 Å². The molecular formula is C17H17N5O2S. The molecule has 8 heteroatoms. The third-order valence-electron chi connectivity index (χ3n) is 3.48. The molecule has 25 heavy (non-hydrogen) atoms. The Hall–Kier alpha value is -3.00. The van der Waals surface area contributed by atoms with Gasteiger partial charge in [-0.3, -0.25) is 9.71 Å².